The minimum absolute atomic E-state index is 0.113. The van der Waals surface area contributed by atoms with Crippen LogP contribution in [0.15, 0.2) is 24.3 Å². The van der Waals surface area contributed by atoms with Gasteiger partial charge in [0.1, 0.15) is 19.8 Å². The molecule has 1 aliphatic rings. The van der Waals surface area contributed by atoms with Crippen LogP contribution in [0, 0.1) is 11.8 Å². The summed E-state index contributed by atoms with van der Waals surface area (Å²) in [6, 6.07) is 0. The van der Waals surface area contributed by atoms with Crippen molar-refractivity contribution in [3.63, 3.8) is 0 Å². The first-order chi connectivity index (χ1) is 30.7. The number of hydrogen-bond acceptors (Lipinski definition) is 10. The van der Waals surface area contributed by atoms with E-state index in [1.165, 1.54) is 19.3 Å². The van der Waals surface area contributed by atoms with E-state index in [2.05, 4.69) is 36.1 Å². The molecule has 65 heavy (non-hydrogen) atoms. The van der Waals surface area contributed by atoms with Crippen LogP contribution < -0.4 is 0 Å². The Hall–Kier alpha value is -3.13. The summed E-state index contributed by atoms with van der Waals surface area (Å²) in [7, 11) is 0. The second kappa shape index (κ2) is 33.4. The molecule has 0 bridgehead atoms. The maximum Gasteiger partial charge on any atom is 0.508 e. The highest BCUT2D eigenvalue weighted by Crippen LogP contribution is 2.40. The van der Waals surface area contributed by atoms with Crippen LogP contribution in [0.4, 0.5) is 48.7 Å². The number of hydrogen-bond donors (Lipinski definition) is 0. The fraction of sp³-hybridized carbons (Fsp3) is 0.844. The molecule has 2 unspecified atom stereocenters. The van der Waals surface area contributed by atoms with E-state index in [9.17, 15) is 58.3 Å². The number of allylic oxidation sites excluding steroid dienone is 4. The lowest BCUT2D eigenvalue weighted by Gasteiger charge is -2.31. The lowest BCUT2D eigenvalue weighted by molar-refractivity contribution is -0.286. The predicted molar refractivity (Wildman–Crippen MR) is 222 cm³/mol. The van der Waals surface area contributed by atoms with Crippen molar-refractivity contribution < 1.29 is 86.7 Å². The Bertz CT molecular complexity index is 1310. The Morgan fingerprint density at radius 1 is 0.631 bits per heavy atom. The van der Waals surface area contributed by atoms with E-state index in [1.54, 1.807) is 0 Å². The van der Waals surface area contributed by atoms with Crippen LogP contribution in [0.25, 0.3) is 0 Å². The van der Waals surface area contributed by atoms with E-state index in [0.717, 1.165) is 77.4 Å². The third kappa shape index (κ3) is 29.3. The molecule has 2 atom stereocenters. The van der Waals surface area contributed by atoms with Crippen LogP contribution in [0.2, 0.25) is 0 Å². The number of piperidine rings is 1. The molecule has 380 valence electrons. The monoisotopic (exact) mass is 959 g/mol. The largest absolute Gasteiger partial charge is 0.508 e. The van der Waals surface area contributed by atoms with Crippen molar-refractivity contribution in [1.29, 1.82) is 0 Å². The summed E-state index contributed by atoms with van der Waals surface area (Å²) in [5, 5.41) is 0. The van der Waals surface area contributed by atoms with Gasteiger partial charge in [-0.15, -0.1) is 0 Å². The first-order valence-corrected chi connectivity index (χ1v) is 23.0. The summed E-state index contributed by atoms with van der Waals surface area (Å²) < 4.78 is 160. The van der Waals surface area contributed by atoms with Crippen LogP contribution in [0.3, 0.4) is 0 Å². The molecular weight excluding hydrogens is 888 g/mol. The van der Waals surface area contributed by atoms with Crippen molar-refractivity contribution in [2.24, 2.45) is 11.8 Å². The molecule has 1 heterocycles. The Kier molecular flexibility index (Phi) is 30.7. The predicted octanol–water partition coefficient (Wildman–Crippen LogP) is 12.5. The molecule has 10 nitrogen and oxygen atoms in total. The normalized spacial score (nSPS) is 16.1. The summed E-state index contributed by atoms with van der Waals surface area (Å²) in [5.41, 5.74) is 0. The molecule has 0 aliphatic carbocycles. The van der Waals surface area contributed by atoms with Crippen molar-refractivity contribution in [1.82, 2.24) is 4.90 Å². The lowest BCUT2D eigenvalue weighted by atomic mass is 9.99. The molecule has 20 heteroatoms. The van der Waals surface area contributed by atoms with Crippen LogP contribution in [-0.2, 0) is 38.0 Å². The fourth-order valence-corrected chi connectivity index (χ4v) is 6.53. The van der Waals surface area contributed by atoms with Crippen LogP contribution >= 0.6 is 0 Å². The number of alkyl halides is 10. The zero-order chi connectivity index (χ0) is 48.6. The zero-order valence-electron chi connectivity index (χ0n) is 37.9. The van der Waals surface area contributed by atoms with Crippen molar-refractivity contribution >= 4 is 18.1 Å². The third-order valence-corrected chi connectivity index (χ3v) is 10.5. The van der Waals surface area contributed by atoms with Crippen molar-refractivity contribution in [2.75, 3.05) is 59.3 Å². The summed E-state index contributed by atoms with van der Waals surface area (Å²) in [6.07, 6.45) is 1.44. The molecule has 0 amide bonds. The number of nitrogens with zero attached hydrogens (tertiary/aromatic N) is 1. The number of unbranched alkanes of at least 4 members (excludes halogenated alkanes) is 8. The standard InChI is InChI=1S/C45H71F10NO9/c1-3-5-6-7-8-9-10-11-12-13-14-15-16-17-18-23-38(57)62-33-37(35-65-41(59)64-32-36-22-19-28-56(4-2)31-36)34-63-39(58)24-25-40(60-29-20-26-42(46,47)44(50,51)52)61-30-21-27-43(48,49)45(53,54)55/h8-9,11-12,36-37,40H,3-7,10,13-35H2,1-2H3/b9-8-,12-11-. The molecule has 0 radical (unpaired) electrons. The van der Waals surface area contributed by atoms with E-state index in [0.29, 0.717) is 6.42 Å². The third-order valence-electron chi connectivity index (χ3n) is 10.5. The van der Waals surface area contributed by atoms with Gasteiger partial charge in [-0.1, -0.05) is 70.3 Å². The average Bonchev–Trinajstić information content (AvgIpc) is 3.24. The van der Waals surface area contributed by atoms with E-state index >= 15 is 0 Å². The lowest BCUT2D eigenvalue weighted by Crippen LogP contribution is -2.37. The molecule has 1 rings (SSSR count). The maximum atomic E-state index is 13.3. The van der Waals surface area contributed by atoms with Gasteiger partial charge in [0.05, 0.1) is 18.9 Å². The van der Waals surface area contributed by atoms with Gasteiger partial charge in [-0.25, -0.2) is 4.79 Å². The molecule has 0 aromatic rings. The molecule has 0 aromatic heterocycles. The Morgan fingerprint density at radius 2 is 1.15 bits per heavy atom. The van der Waals surface area contributed by atoms with E-state index in [1.807, 2.05) is 6.92 Å². The van der Waals surface area contributed by atoms with Crippen LogP contribution in [0.5, 0.6) is 0 Å². The Labute approximate surface area is 377 Å². The van der Waals surface area contributed by atoms with Gasteiger partial charge < -0.3 is 33.3 Å². The molecule has 1 fully saturated rings. The number of rotatable bonds is 36. The number of ether oxygens (including phenoxy) is 6. The van der Waals surface area contributed by atoms with Gasteiger partial charge in [0.25, 0.3) is 0 Å². The maximum absolute atomic E-state index is 13.3. The molecule has 1 saturated heterocycles. The molecular formula is C45H71F10NO9. The highest BCUT2D eigenvalue weighted by Gasteiger charge is 2.57. The van der Waals surface area contributed by atoms with Gasteiger partial charge in [-0.3, -0.25) is 9.59 Å². The average molecular weight is 960 g/mol. The molecule has 0 aromatic carbocycles. The zero-order valence-corrected chi connectivity index (χ0v) is 37.9. The summed E-state index contributed by atoms with van der Waals surface area (Å²) >= 11 is 0. The van der Waals surface area contributed by atoms with E-state index in [4.69, 9.17) is 28.4 Å². The summed E-state index contributed by atoms with van der Waals surface area (Å²) in [4.78, 5) is 40.0. The van der Waals surface area contributed by atoms with E-state index < -0.39 is 113 Å². The smallest absolute Gasteiger partial charge is 0.465 e. The first kappa shape index (κ1) is 59.9. The van der Waals surface area contributed by atoms with Crippen molar-refractivity contribution in [3.05, 3.63) is 24.3 Å². The van der Waals surface area contributed by atoms with E-state index in [-0.39, 0.29) is 32.2 Å². The molecule has 0 saturated carbocycles. The fourth-order valence-electron chi connectivity index (χ4n) is 6.53. The highest BCUT2D eigenvalue weighted by molar-refractivity contribution is 5.69. The van der Waals surface area contributed by atoms with Crippen LogP contribution in [-0.4, -0.2) is 113 Å². The molecule has 0 N–H and O–H groups in total. The molecule has 1 aliphatic heterocycles. The number of halogens is 10. The first-order valence-electron chi connectivity index (χ1n) is 23.0. The summed E-state index contributed by atoms with van der Waals surface area (Å²) in [6.45, 7) is 4.23. The second-order valence-electron chi connectivity index (χ2n) is 16.3. The van der Waals surface area contributed by atoms with Gasteiger partial charge in [0, 0.05) is 51.4 Å². The Balaban J connectivity index is 2.70. The van der Waals surface area contributed by atoms with Crippen molar-refractivity contribution in [3.8, 4) is 0 Å². The minimum Gasteiger partial charge on any atom is -0.465 e. The van der Waals surface area contributed by atoms with Crippen LogP contribution in [0.1, 0.15) is 142 Å². The number of carbonyl (C=O) groups excluding carboxylic acids is 3. The SMILES string of the molecule is CCCCC/C=C\C/C=C\CCCCCCCC(=O)OCC(COC(=O)CCC(OCCCC(F)(F)C(F)(F)F)OCCCC(F)(F)C(F)(F)F)COC(=O)OCC1CCCN(CC)C1. The quantitative estimate of drug-likeness (QED) is 0.0150. The van der Waals surface area contributed by atoms with Gasteiger partial charge in [0.2, 0.25) is 0 Å². The molecule has 0 spiro atoms. The van der Waals surface area contributed by atoms with Gasteiger partial charge in [-0.2, -0.15) is 43.9 Å². The van der Waals surface area contributed by atoms with Crippen molar-refractivity contribution in [2.45, 2.75) is 173 Å². The summed E-state index contributed by atoms with van der Waals surface area (Å²) in [5.74, 6) is -12.3. The topological polar surface area (TPSA) is 110 Å². The van der Waals surface area contributed by atoms with Gasteiger partial charge in [-0.05, 0) is 77.3 Å². The van der Waals surface area contributed by atoms with Gasteiger partial charge in [0.15, 0.2) is 6.29 Å². The Morgan fingerprint density at radius 3 is 1.71 bits per heavy atom. The minimum atomic E-state index is -5.83. The second-order valence-corrected chi connectivity index (χ2v) is 16.3. The number of likely N-dealkylation sites (tertiary alicyclic amines) is 1. The highest BCUT2D eigenvalue weighted by atomic mass is 19.4. The van der Waals surface area contributed by atoms with Gasteiger partial charge >= 0.3 is 42.3 Å². The number of esters is 2. The number of carbonyl (C=O) groups is 3.